The number of aromatic nitrogens is 13. The molecule has 18 heteroatoms. The molecule has 16 nitrogen and oxygen atoms in total. The highest BCUT2D eigenvalue weighted by Crippen LogP contribution is 2.30. The second-order valence-electron chi connectivity index (χ2n) is 12.1. The minimum Gasteiger partial charge on any atom is -0.328 e. The summed E-state index contributed by atoms with van der Waals surface area (Å²) in [6.07, 6.45) is 22.5. The van der Waals surface area contributed by atoms with Crippen LogP contribution >= 0.6 is 11.5 Å². The fourth-order valence-electron chi connectivity index (χ4n) is 5.66. The molecule has 53 heavy (non-hydrogen) atoms. The standard InChI is InChI=1S/C19H16N8S.C16H14N6O2S/c1-12-6-17(28-25-12)24-18-19-21-9-16(14-8-22-26(2)10-14)27(19)11-15(23-18)13-4-3-5-20-7-13;1-21-9-12(7-19-21)14-8-18-15-16(25(2,23)24)20-13(10-22(14)15)11-4-3-5-17-6-11/h3-11H,1-2H3,(H,23,24);3-10H,1-2H3. The lowest BCUT2D eigenvalue weighted by Crippen LogP contribution is -2.06. The monoisotopic (exact) mass is 742 g/mol. The first-order valence-electron chi connectivity index (χ1n) is 16.1. The van der Waals surface area contributed by atoms with Gasteiger partial charge in [-0.3, -0.25) is 28.1 Å². The lowest BCUT2D eigenvalue weighted by molar-refractivity contribution is 0.598. The van der Waals surface area contributed by atoms with E-state index < -0.39 is 9.84 Å². The Hall–Kier alpha value is -6.66. The number of imidazole rings is 2. The molecule has 0 aliphatic heterocycles. The average Bonchev–Trinajstić information content (AvgIpc) is 4.00. The molecule has 9 aromatic rings. The largest absolute Gasteiger partial charge is 0.328 e. The highest BCUT2D eigenvalue weighted by Gasteiger charge is 2.21. The highest BCUT2D eigenvalue weighted by atomic mass is 32.2. The van der Waals surface area contributed by atoms with Gasteiger partial charge in [-0.15, -0.1) is 0 Å². The van der Waals surface area contributed by atoms with Crippen molar-refractivity contribution in [1.29, 1.82) is 0 Å². The van der Waals surface area contributed by atoms with Crippen LogP contribution in [0.15, 0.2) is 110 Å². The average molecular weight is 743 g/mol. The van der Waals surface area contributed by atoms with Crippen LogP contribution in [0, 0.1) is 6.92 Å². The first-order valence-corrected chi connectivity index (χ1v) is 18.7. The Morgan fingerprint density at radius 1 is 0.698 bits per heavy atom. The van der Waals surface area contributed by atoms with Gasteiger partial charge < -0.3 is 5.32 Å². The Bertz CT molecular complexity index is 2840. The van der Waals surface area contributed by atoms with E-state index in [1.165, 1.54) is 11.5 Å². The van der Waals surface area contributed by atoms with Gasteiger partial charge in [0.2, 0.25) is 0 Å². The molecule has 0 amide bonds. The van der Waals surface area contributed by atoms with Gasteiger partial charge in [0.1, 0.15) is 5.00 Å². The van der Waals surface area contributed by atoms with E-state index in [1.807, 2.05) is 80.7 Å². The molecule has 264 valence electrons. The van der Waals surface area contributed by atoms with Crippen molar-refractivity contribution < 1.29 is 8.42 Å². The topological polar surface area (TPSA) is 181 Å². The molecular formula is C35H30N14O2S2. The SMILES string of the molecule is Cc1cc(Nc2nc(-c3cccnc3)cn3c(-c4cnn(C)c4)cnc23)sn1.Cn1cc(-c2cnc3c(S(C)(=O)=O)nc(-c4cccnc4)cn23)cn1. The number of fused-ring (bicyclic) bond motifs is 2. The van der Waals surface area contributed by atoms with E-state index in [-0.39, 0.29) is 10.7 Å². The Kier molecular flexibility index (Phi) is 8.51. The van der Waals surface area contributed by atoms with E-state index in [1.54, 1.807) is 63.2 Å². The van der Waals surface area contributed by atoms with Crippen molar-refractivity contribution in [3.63, 3.8) is 0 Å². The van der Waals surface area contributed by atoms with Gasteiger partial charge in [-0.1, -0.05) is 0 Å². The third-order valence-corrected chi connectivity index (χ3v) is 9.86. The minimum atomic E-state index is -3.56. The molecule has 9 aromatic heterocycles. The van der Waals surface area contributed by atoms with Gasteiger partial charge in [0.05, 0.1) is 53.3 Å². The molecule has 0 unspecified atom stereocenters. The molecule has 0 bridgehead atoms. The molecule has 9 rings (SSSR count). The number of sulfone groups is 1. The van der Waals surface area contributed by atoms with E-state index in [9.17, 15) is 8.42 Å². The van der Waals surface area contributed by atoms with Crippen molar-refractivity contribution in [3.8, 4) is 45.0 Å². The molecule has 9 heterocycles. The van der Waals surface area contributed by atoms with Crippen LogP contribution in [0.1, 0.15) is 5.69 Å². The fourth-order valence-corrected chi connectivity index (χ4v) is 7.07. The molecule has 0 aromatic carbocycles. The lowest BCUT2D eigenvalue weighted by Gasteiger charge is -2.09. The summed E-state index contributed by atoms with van der Waals surface area (Å²) < 4.78 is 36.0. The van der Waals surface area contributed by atoms with Gasteiger partial charge in [0.15, 0.2) is 32.0 Å². The molecule has 0 radical (unpaired) electrons. The van der Waals surface area contributed by atoms with Crippen LogP contribution < -0.4 is 5.32 Å². The first-order chi connectivity index (χ1) is 25.6. The molecular weight excluding hydrogens is 713 g/mol. The number of rotatable bonds is 7. The Labute approximate surface area is 306 Å². The number of anilines is 2. The van der Waals surface area contributed by atoms with E-state index in [0.29, 0.717) is 11.5 Å². The van der Waals surface area contributed by atoms with Crippen LogP contribution in [0.25, 0.3) is 56.3 Å². The second kappa shape index (κ2) is 13.5. The summed E-state index contributed by atoms with van der Waals surface area (Å²) >= 11 is 1.40. The van der Waals surface area contributed by atoms with Gasteiger partial charge in [-0.25, -0.2) is 28.4 Å². The predicted octanol–water partition coefficient (Wildman–Crippen LogP) is 5.30. The summed E-state index contributed by atoms with van der Waals surface area (Å²) in [6.45, 7) is 1.97. The van der Waals surface area contributed by atoms with Crippen molar-refractivity contribution >= 4 is 43.5 Å². The summed E-state index contributed by atoms with van der Waals surface area (Å²) in [5.74, 6) is 0.667. The van der Waals surface area contributed by atoms with Crippen LogP contribution in [0.3, 0.4) is 0 Å². The van der Waals surface area contributed by atoms with Gasteiger partial charge in [0, 0.05) is 92.2 Å². The van der Waals surface area contributed by atoms with Crippen molar-refractivity contribution in [2.75, 3.05) is 11.6 Å². The zero-order valence-corrected chi connectivity index (χ0v) is 30.4. The van der Waals surface area contributed by atoms with Gasteiger partial charge in [0.25, 0.3) is 0 Å². The molecule has 0 aliphatic carbocycles. The smallest absolute Gasteiger partial charge is 0.199 e. The van der Waals surface area contributed by atoms with Gasteiger partial charge in [-0.2, -0.15) is 14.6 Å². The molecule has 1 N–H and O–H groups in total. The highest BCUT2D eigenvalue weighted by molar-refractivity contribution is 7.90. The van der Waals surface area contributed by atoms with Crippen molar-refractivity contribution in [3.05, 3.63) is 110 Å². The maximum Gasteiger partial charge on any atom is 0.199 e. The number of nitrogens with zero attached hydrogens (tertiary/aromatic N) is 13. The third kappa shape index (κ3) is 6.75. The van der Waals surface area contributed by atoms with Crippen LogP contribution in [-0.4, -0.2) is 77.3 Å². The number of aryl methyl sites for hydroxylation is 3. The van der Waals surface area contributed by atoms with E-state index in [4.69, 9.17) is 4.98 Å². The number of hydrogen-bond acceptors (Lipinski definition) is 13. The quantitative estimate of drug-likeness (QED) is 0.223. The molecule has 0 atom stereocenters. The molecule has 0 spiro atoms. The Morgan fingerprint density at radius 2 is 1.26 bits per heavy atom. The van der Waals surface area contributed by atoms with Crippen LogP contribution in [0.4, 0.5) is 10.8 Å². The molecule has 0 saturated carbocycles. The second-order valence-corrected chi connectivity index (χ2v) is 14.8. The summed E-state index contributed by atoms with van der Waals surface area (Å²) in [7, 11) is 0.155. The number of pyridine rings is 2. The van der Waals surface area contributed by atoms with Crippen molar-refractivity contribution in [2.45, 2.75) is 11.9 Å². The van der Waals surface area contributed by atoms with Gasteiger partial charge >= 0.3 is 0 Å². The summed E-state index contributed by atoms with van der Waals surface area (Å²) in [5, 5.41) is 12.7. The summed E-state index contributed by atoms with van der Waals surface area (Å²) in [6, 6.07) is 9.48. The van der Waals surface area contributed by atoms with E-state index in [2.05, 4.69) is 44.8 Å². The normalized spacial score (nSPS) is 11.5. The molecule has 0 fully saturated rings. The molecule has 0 saturated heterocycles. The zero-order chi connectivity index (χ0) is 36.7. The maximum atomic E-state index is 12.2. The minimum absolute atomic E-state index is 0.0657. The van der Waals surface area contributed by atoms with Crippen molar-refractivity contribution in [2.24, 2.45) is 14.1 Å². The lowest BCUT2D eigenvalue weighted by atomic mass is 10.2. The maximum absolute atomic E-state index is 12.2. The third-order valence-electron chi connectivity index (χ3n) is 8.09. The number of nitrogens with one attached hydrogen (secondary N) is 1. The summed E-state index contributed by atoms with van der Waals surface area (Å²) in [4.78, 5) is 26.3. The van der Waals surface area contributed by atoms with Crippen LogP contribution in [0.2, 0.25) is 0 Å². The zero-order valence-electron chi connectivity index (χ0n) is 28.8. The van der Waals surface area contributed by atoms with Crippen molar-refractivity contribution in [1.82, 2.24) is 62.6 Å². The predicted molar refractivity (Wildman–Crippen MR) is 200 cm³/mol. The van der Waals surface area contributed by atoms with Crippen LogP contribution in [-0.2, 0) is 23.9 Å². The number of hydrogen-bond donors (Lipinski definition) is 1. The summed E-state index contributed by atoms with van der Waals surface area (Å²) in [5.41, 5.74) is 8.43. The van der Waals surface area contributed by atoms with Gasteiger partial charge in [-0.05, 0) is 48.8 Å². The van der Waals surface area contributed by atoms with E-state index in [0.717, 1.165) is 61.9 Å². The first kappa shape index (κ1) is 33.5. The fraction of sp³-hybridized carbons (Fsp3) is 0.114. The molecule has 0 aliphatic rings. The Morgan fingerprint density at radius 3 is 1.75 bits per heavy atom. The van der Waals surface area contributed by atoms with Crippen LogP contribution in [0.5, 0.6) is 0 Å². The Balaban J connectivity index is 0.000000152. The van der Waals surface area contributed by atoms with E-state index >= 15 is 0 Å².